The average molecular weight is 228 g/mol. The van der Waals surface area contributed by atoms with Crippen molar-refractivity contribution < 1.29 is 14.3 Å². The molecule has 1 aliphatic heterocycles. The zero-order valence-electron chi connectivity index (χ0n) is 10.4. The van der Waals surface area contributed by atoms with Crippen LogP contribution in [0, 0.1) is 5.41 Å². The van der Waals surface area contributed by atoms with Gasteiger partial charge in [-0.05, 0) is 33.9 Å². The highest BCUT2D eigenvalue weighted by molar-refractivity contribution is 6.01. The fraction of sp³-hybridized carbons (Fsp3) is 0.818. The summed E-state index contributed by atoms with van der Waals surface area (Å²) >= 11 is 0. The van der Waals surface area contributed by atoms with E-state index in [9.17, 15) is 9.59 Å². The second-order valence-electron chi connectivity index (χ2n) is 4.84. The lowest BCUT2D eigenvalue weighted by atomic mass is 9.92. The van der Waals surface area contributed by atoms with Crippen molar-refractivity contribution in [3.8, 4) is 0 Å². The number of carbonyl (C=O) groups excluding carboxylic acids is 2. The van der Waals surface area contributed by atoms with Crippen LogP contribution < -0.4 is 5.32 Å². The van der Waals surface area contributed by atoms with Crippen LogP contribution in [0.5, 0.6) is 0 Å². The van der Waals surface area contributed by atoms with Gasteiger partial charge in [-0.1, -0.05) is 0 Å². The lowest BCUT2D eigenvalue weighted by Crippen LogP contribution is -2.47. The van der Waals surface area contributed by atoms with Gasteiger partial charge in [0.05, 0.1) is 7.11 Å². The third-order valence-corrected chi connectivity index (χ3v) is 2.99. The first kappa shape index (κ1) is 13.0. The smallest absolute Gasteiger partial charge is 0.320 e. The zero-order chi connectivity index (χ0) is 12.3. The first-order valence-corrected chi connectivity index (χ1v) is 5.46. The molecule has 1 heterocycles. The second-order valence-corrected chi connectivity index (χ2v) is 4.84. The van der Waals surface area contributed by atoms with Crippen LogP contribution in [-0.4, -0.2) is 50.1 Å². The highest BCUT2D eigenvalue weighted by Gasteiger charge is 2.38. The van der Waals surface area contributed by atoms with Crippen LogP contribution in [0.4, 0.5) is 0 Å². The molecule has 5 nitrogen and oxygen atoms in total. The first-order chi connectivity index (χ1) is 7.37. The van der Waals surface area contributed by atoms with E-state index in [0.717, 1.165) is 19.5 Å². The van der Waals surface area contributed by atoms with Crippen molar-refractivity contribution in [3.63, 3.8) is 0 Å². The number of esters is 1. The Morgan fingerprint density at radius 2 is 2.06 bits per heavy atom. The van der Waals surface area contributed by atoms with E-state index >= 15 is 0 Å². The minimum absolute atomic E-state index is 0.140. The van der Waals surface area contributed by atoms with Gasteiger partial charge in [0.2, 0.25) is 5.91 Å². The predicted molar refractivity (Wildman–Crippen MR) is 59.8 cm³/mol. The summed E-state index contributed by atoms with van der Waals surface area (Å²) in [6.07, 6.45) is 0.930. The maximum Gasteiger partial charge on any atom is 0.320 e. The number of hydrogen-bond donors (Lipinski definition) is 1. The maximum atomic E-state index is 11.9. The molecule has 0 spiro atoms. The van der Waals surface area contributed by atoms with Crippen LogP contribution >= 0.6 is 0 Å². The number of likely N-dealkylation sites (tertiary alicyclic amines) is 1. The molecule has 1 rings (SSSR count). The molecule has 5 heteroatoms. The van der Waals surface area contributed by atoms with Crippen LogP contribution in [0.15, 0.2) is 0 Å². The summed E-state index contributed by atoms with van der Waals surface area (Å²) in [5, 5.41) is 2.88. The molecule has 0 aliphatic carbocycles. The fourth-order valence-corrected chi connectivity index (χ4v) is 1.77. The lowest BCUT2D eigenvalue weighted by molar-refractivity contribution is -0.156. The highest BCUT2D eigenvalue weighted by atomic mass is 16.5. The molecule has 0 aromatic rings. The van der Waals surface area contributed by atoms with Crippen LogP contribution in [0.3, 0.4) is 0 Å². The molecular formula is C11H20N2O3. The summed E-state index contributed by atoms with van der Waals surface area (Å²) in [6.45, 7) is 4.96. The van der Waals surface area contributed by atoms with E-state index in [1.807, 2.05) is 7.05 Å². The molecular weight excluding hydrogens is 208 g/mol. The Bertz CT molecular complexity index is 289. The molecule has 1 N–H and O–H groups in total. The summed E-state index contributed by atoms with van der Waals surface area (Å²) in [4.78, 5) is 25.5. The Balaban J connectivity index is 2.54. The molecule has 0 aromatic heterocycles. The van der Waals surface area contributed by atoms with Crippen LogP contribution in [0.25, 0.3) is 0 Å². The minimum atomic E-state index is -1.12. The SMILES string of the molecule is COC(=O)C(C)(C)C(=O)NC1CCN(C)C1. The largest absolute Gasteiger partial charge is 0.468 e. The van der Waals surface area contributed by atoms with Gasteiger partial charge < -0.3 is 15.0 Å². The second kappa shape index (κ2) is 4.82. The Morgan fingerprint density at radius 1 is 1.44 bits per heavy atom. The van der Waals surface area contributed by atoms with Gasteiger partial charge in [0.25, 0.3) is 0 Å². The topological polar surface area (TPSA) is 58.6 Å². The monoisotopic (exact) mass is 228 g/mol. The number of likely N-dealkylation sites (N-methyl/N-ethyl adjacent to an activating group) is 1. The van der Waals surface area contributed by atoms with Gasteiger partial charge in [-0.25, -0.2) is 0 Å². The molecule has 1 fully saturated rings. The number of hydrogen-bond acceptors (Lipinski definition) is 4. The molecule has 1 unspecified atom stereocenters. The van der Waals surface area contributed by atoms with E-state index in [1.165, 1.54) is 7.11 Å². The summed E-state index contributed by atoms with van der Waals surface area (Å²) in [6, 6.07) is 0.140. The Kier molecular flexibility index (Phi) is 3.91. The van der Waals surface area contributed by atoms with Gasteiger partial charge in [-0.3, -0.25) is 9.59 Å². The van der Waals surface area contributed by atoms with Gasteiger partial charge in [-0.2, -0.15) is 0 Å². The van der Waals surface area contributed by atoms with Crippen molar-refractivity contribution in [2.75, 3.05) is 27.2 Å². The average Bonchev–Trinajstić information content (AvgIpc) is 2.62. The molecule has 0 radical (unpaired) electrons. The van der Waals surface area contributed by atoms with Crippen molar-refractivity contribution >= 4 is 11.9 Å². The number of methoxy groups -OCH3 is 1. The number of rotatable bonds is 3. The number of ether oxygens (including phenoxy) is 1. The standard InChI is InChI=1S/C11H20N2O3/c1-11(2,10(15)16-4)9(14)12-8-5-6-13(3)7-8/h8H,5-7H2,1-4H3,(H,12,14). The number of nitrogens with one attached hydrogen (secondary N) is 1. The zero-order valence-corrected chi connectivity index (χ0v) is 10.4. The summed E-state index contributed by atoms with van der Waals surface area (Å²) < 4.78 is 4.61. The van der Waals surface area contributed by atoms with Gasteiger partial charge in [-0.15, -0.1) is 0 Å². The lowest BCUT2D eigenvalue weighted by Gasteiger charge is -2.23. The van der Waals surface area contributed by atoms with Crippen LogP contribution in [0.1, 0.15) is 20.3 Å². The number of nitrogens with zero attached hydrogens (tertiary/aromatic N) is 1. The molecule has 1 atom stereocenters. The van der Waals surface area contributed by atoms with E-state index in [0.29, 0.717) is 0 Å². The Morgan fingerprint density at radius 3 is 2.50 bits per heavy atom. The van der Waals surface area contributed by atoms with Gasteiger partial charge >= 0.3 is 5.97 Å². The molecule has 0 aromatic carbocycles. The van der Waals surface area contributed by atoms with E-state index in [4.69, 9.17) is 0 Å². The van der Waals surface area contributed by atoms with Crippen molar-refractivity contribution in [2.24, 2.45) is 5.41 Å². The third-order valence-electron chi connectivity index (χ3n) is 2.99. The van der Waals surface area contributed by atoms with Crippen LogP contribution in [-0.2, 0) is 14.3 Å². The minimum Gasteiger partial charge on any atom is -0.468 e. The highest BCUT2D eigenvalue weighted by Crippen LogP contribution is 2.18. The van der Waals surface area contributed by atoms with E-state index in [2.05, 4.69) is 15.0 Å². The van der Waals surface area contributed by atoms with E-state index in [-0.39, 0.29) is 11.9 Å². The fourth-order valence-electron chi connectivity index (χ4n) is 1.77. The maximum absolute atomic E-state index is 11.9. The number of amides is 1. The molecule has 0 saturated carbocycles. The first-order valence-electron chi connectivity index (χ1n) is 5.46. The summed E-state index contributed by atoms with van der Waals surface area (Å²) in [5.41, 5.74) is -1.12. The molecule has 92 valence electrons. The molecule has 1 aliphatic rings. The number of carbonyl (C=O) groups is 2. The van der Waals surface area contributed by atoms with Crippen molar-refractivity contribution in [1.29, 1.82) is 0 Å². The van der Waals surface area contributed by atoms with Crippen molar-refractivity contribution in [2.45, 2.75) is 26.3 Å². The molecule has 1 amide bonds. The Hall–Kier alpha value is -1.10. The van der Waals surface area contributed by atoms with Crippen molar-refractivity contribution in [3.05, 3.63) is 0 Å². The normalized spacial score (nSPS) is 21.9. The van der Waals surface area contributed by atoms with Crippen LogP contribution in [0.2, 0.25) is 0 Å². The van der Waals surface area contributed by atoms with Crippen molar-refractivity contribution in [1.82, 2.24) is 10.2 Å². The van der Waals surface area contributed by atoms with E-state index in [1.54, 1.807) is 13.8 Å². The summed E-state index contributed by atoms with van der Waals surface area (Å²) in [5.74, 6) is -0.768. The molecule has 0 bridgehead atoms. The van der Waals surface area contributed by atoms with Gasteiger partial charge in [0, 0.05) is 12.6 Å². The third kappa shape index (κ3) is 2.72. The Labute approximate surface area is 96.1 Å². The van der Waals surface area contributed by atoms with E-state index < -0.39 is 11.4 Å². The predicted octanol–water partition coefficient (Wildman–Crippen LogP) is 0.00590. The molecule has 1 saturated heterocycles. The van der Waals surface area contributed by atoms with Gasteiger partial charge in [0.15, 0.2) is 0 Å². The van der Waals surface area contributed by atoms with Gasteiger partial charge in [0.1, 0.15) is 5.41 Å². The summed E-state index contributed by atoms with van der Waals surface area (Å²) in [7, 11) is 3.30. The quantitative estimate of drug-likeness (QED) is 0.546. The molecule has 16 heavy (non-hydrogen) atoms.